The molecule has 0 aliphatic carbocycles. The molecule has 142 valence electrons. The van der Waals surface area contributed by atoms with E-state index in [0.717, 1.165) is 18.1 Å². The molecule has 2 N–H and O–H groups in total. The molecule has 2 aromatic rings. The second-order valence-corrected chi connectivity index (χ2v) is 8.43. The maximum absolute atomic E-state index is 13.6. The molecule has 1 unspecified atom stereocenters. The average molecular weight is 408 g/mol. The molecule has 0 aromatic heterocycles. The Hall–Kier alpha value is -1.98. The van der Waals surface area contributed by atoms with E-state index in [-0.39, 0.29) is 12.2 Å². The lowest BCUT2D eigenvalue weighted by atomic mass is 9.95. The molecule has 3 rings (SSSR count). The van der Waals surface area contributed by atoms with Gasteiger partial charge in [0.1, 0.15) is 35.2 Å². The SMILES string of the molecule is CCc1ccc(S(=O)N2CC(N)(COc3ccc(C#N)c(F)c3)C2)c(Cl)c1. The lowest BCUT2D eigenvalue weighted by Gasteiger charge is -2.45. The fourth-order valence-electron chi connectivity index (χ4n) is 2.81. The molecule has 2 aromatic carbocycles. The first kappa shape index (κ1) is 19.8. The van der Waals surface area contributed by atoms with Gasteiger partial charge < -0.3 is 10.5 Å². The minimum absolute atomic E-state index is 0.0407. The molecule has 8 heteroatoms. The molecule has 1 saturated heterocycles. The number of benzene rings is 2. The number of nitrogens with two attached hydrogens (primary N) is 1. The van der Waals surface area contributed by atoms with Crippen LogP contribution in [-0.2, 0) is 17.4 Å². The predicted molar refractivity (Wildman–Crippen MR) is 102 cm³/mol. The predicted octanol–water partition coefficient (Wildman–Crippen LogP) is 3.03. The van der Waals surface area contributed by atoms with Crippen LogP contribution < -0.4 is 10.5 Å². The summed E-state index contributed by atoms with van der Waals surface area (Å²) in [5.74, 6) is -0.336. The van der Waals surface area contributed by atoms with Crippen LogP contribution in [0.15, 0.2) is 41.3 Å². The number of aryl methyl sites for hydroxylation is 1. The van der Waals surface area contributed by atoms with Crippen molar-refractivity contribution in [3.8, 4) is 11.8 Å². The zero-order valence-electron chi connectivity index (χ0n) is 14.7. The normalized spacial score (nSPS) is 17.0. The molecular weight excluding hydrogens is 389 g/mol. The lowest BCUT2D eigenvalue weighted by molar-refractivity contribution is 0.0993. The highest BCUT2D eigenvalue weighted by Gasteiger charge is 2.43. The van der Waals surface area contributed by atoms with Crippen molar-refractivity contribution in [1.82, 2.24) is 4.31 Å². The first-order valence-corrected chi connectivity index (χ1v) is 9.90. The Balaban J connectivity index is 1.58. The van der Waals surface area contributed by atoms with Crippen molar-refractivity contribution >= 4 is 22.6 Å². The Kier molecular flexibility index (Phi) is 5.82. The van der Waals surface area contributed by atoms with Gasteiger partial charge in [-0.1, -0.05) is 24.6 Å². The van der Waals surface area contributed by atoms with E-state index in [1.54, 1.807) is 16.4 Å². The zero-order chi connectivity index (χ0) is 19.6. The lowest BCUT2D eigenvalue weighted by Crippen LogP contribution is -2.70. The molecule has 1 aliphatic heterocycles. The number of hydrogen-bond acceptors (Lipinski definition) is 4. The van der Waals surface area contributed by atoms with E-state index in [9.17, 15) is 8.60 Å². The van der Waals surface area contributed by atoms with E-state index in [2.05, 4.69) is 0 Å². The summed E-state index contributed by atoms with van der Waals surface area (Å²) in [5, 5.41) is 9.22. The average Bonchev–Trinajstić information content (AvgIpc) is 2.63. The molecule has 0 bridgehead atoms. The maximum atomic E-state index is 13.6. The number of nitriles is 1. The standard InChI is InChI=1S/C19H19ClFN3O2S/c1-2-13-3-6-18(16(20)7-13)27(25)24-10-19(23,11-24)12-26-15-5-4-14(9-22)17(21)8-15/h3-8H,2,10-12,23H2,1H3. The van der Waals surface area contributed by atoms with Gasteiger partial charge in [-0.05, 0) is 36.2 Å². The van der Waals surface area contributed by atoms with Gasteiger partial charge in [0.2, 0.25) is 0 Å². The van der Waals surface area contributed by atoms with Gasteiger partial charge in [-0.2, -0.15) is 5.26 Å². The van der Waals surface area contributed by atoms with Crippen LogP contribution in [0.1, 0.15) is 18.1 Å². The first-order chi connectivity index (χ1) is 12.8. The van der Waals surface area contributed by atoms with Crippen LogP contribution in [0.2, 0.25) is 5.02 Å². The summed E-state index contributed by atoms with van der Waals surface area (Å²) in [4.78, 5) is 0.561. The van der Waals surface area contributed by atoms with Crippen LogP contribution in [-0.4, -0.2) is 33.7 Å². The molecule has 0 radical (unpaired) electrons. The van der Waals surface area contributed by atoms with Gasteiger partial charge in [-0.25, -0.2) is 12.9 Å². The maximum Gasteiger partial charge on any atom is 0.144 e. The van der Waals surface area contributed by atoms with Crippen LogP contribution >= 0.6 is 11.6 Å². The minimum atomic E-state index is -1.40. The van der Waals surface area contributed by atoms with Crippen molar-refractivity contribution < 1.29 is 13.3 Å². The van der Waals surface area contributed by atoms with Gasteiger partial charge in [0.05, 0.1) is 21.0 Å². The fourth-order valence-corrected chi connectivity index (χ4v) is 4.65. The van der Waals surface area contributed by atoms with Crippen molar-refractivity contribution in [2.24, 2.45) is 5.73 Å². The van der Waals surface area contributed by atoms with Gasteiger partial charge >= 0.3 is 0 Å². The Labute approximate surface area is 165 Å². The van der Waals surface area contributed by atoms with Gasteiger partial charge in [-0.3, -0.25) is 0 Å². The number of nitrogens with zero attached hydrogens (tertiary/aromatic N) is 2. The summed E-state index contributed by atoms with van der Waals surface area (Å²) >= 11 is 6.25. The van der Waals surface area contributed by atoms with E-state index < -0.39 is 22.3 Å². The molecular formula is C19H19ClFN3O2S. The molecule has 1 atom stereocenters. The highest BCUT2D eigenvalue weighted by Crippen LogP contribution is 2.29. The summed E-state index contributed by atoms with van der Waals surface area (Å²) in [5.41, 5.74) is 6.61. The van der Waals surface area contributed by atoms with Crippen molar-refractivity contribution in [1.29, 1.82) is 5.26 Å². The summed E-state index contributed by atoms with van der Waals surface area (Å²) in [6, 6.07) is 11.3. The number of rotatable bonds is 6. The fraction of sp³-hybridized carbons (Fsp3) is 0.316. The van der Waals surface area contributed by atoms with Crippen LogP contribution in [0.25, 0.3) is 0 Å². The highest BCUT2D eigenvalue weighted by molar-refractivity contribution is 7.82. The largest absolute Gasteiger partial charge is 0.491 e. The quantitative estimate of drug-likeness (QED) is 0.798. The second kappa shape index (κ2) is 7.95. The summed E-state index contributed by atoms with van der Waals surface area (Å²) in [6.07, 6.45) is 0.857. The summed E-state index contributed by atoms with van der Waals surface area (Å²) in [7, 11) is -1.40. The van der Waals surface area contributed by atoms with Crippen LogP contribution in [0.4, 0.5) is 4.39 Å². The van der Waals surface area contributed by atoms with Crippen LogP contribution in [0, 0.1) is 17.1 Å². The smallest absolute Gasteiger partial charge is 0.144 e. The van der Waals surface area contributed by atoms with Gasteiger partial charge in [0, 0.05) is 19.2 Å². The van der Waals surface area contributed by atoms with Crippen molar-refractivity contribution in [3.05, 3.63) is 58.4 Å². The Bertz CT molecular complexity index is 926. The summed E-state index contributed by atoms with van der Waals surface area (Å²) in [6.45, 7) is 2.91. The van der Waals surface area contributed by atoms with E-state index in [4.69, 9.17) is 27.3 Å². The van der Waals surface area contributed by atoms with Crippen LogP contribution in [0.5, 0.6) is 5.75 Å². The monoisotopic (exact) mass is 407 g/mol. The second-order valence-electron chi connectivity index (χ2n) is 6.57. The van der Waals surface area contributed by atoms with Crippen molar-refractivity contribution in [2.75, 3.05) is 19.7 Å². The van der Waals surface area contributed by atoms with Crippen molar-refractivity contribution in [3.63, 3.8) is 0 Å². The summed E-state index contributed by atoms with van der Waals surface area (Å²) < 4.78 is 33.6. The topological polar surface area (TPSA) is 79.3 Å². The Morgan fingerprint density at radius 1 is 1.37 bits per heavy atom. The van der Waals surface area contributed by atoms with E-state index in [1.807, 2.05) is 19.1 Å². The molecule has 0 saturated carbocycles. The van der Waals surface area contributed by atoms with Crippen molar-refractivity contribution in [2.45, 2.75) is 23.8 Å². The van der Waals surface area contributed by atoms with E-state index in [1.165, 1.54) is 12.1 Å². The third-order valence-corrected chi connectivity index (χ3v) is 6.28. The number of ether oxygens (including phenoxy) is 1. The first-order valence-electron chi connectivity index (χ1n) is 8.42. The molecule has 0 amide bonds. The number of halogens is 2. The third kappa shape index (κ3) is 4.30. The van der Waals surface area contributed by atoms with E-state index in [0.29, 0.717) is 28.8 Å². The number of hydrogen-bond donors (Lipinski definition) is 1. The Morgan fingerprint density at radius 3 is 2.70 bits per heavy atom. The molecule has 5 nitrogen and oxygen atoms in total. The highest BCUT2D eigenvalue weighted by atomic mass is 35.5. The van der Waals surface area contributed by atoms with Crippen LogP contribution in [0.3, 0.4) is 0 Å². The van der Waals surface area contributed by atoms with Gasteiger partial charge in [0.15, 0.2) is 0 Å². The van der Waals surface area contributed by atoms with E-state index >= 15 is 0 Å². The molecule has 0 spiro atoms. The third-order valence-electron chi connectivity index (χ3n) is 4.40. The Morgan fingerprint density at radius 2 is 2.11 bits per heavy atom. The molecule has 1 heterocycles. The van der Waals surface area contributed by atoms with Gasteiger partial charge in [-0.15, -0.1) is 0 Å². The molecule has 1 fully saturated rings. The minimum Gasteiger partial charge on any atom is -0.491 e. The molecule has 1 aliphatic rings. The molecule has 27 heavy (non-hydrogen) atoms. The zero-order valence-corrected chi connectivity index (χ0v) is 16.3. The van der Waals surface area contributed by atoms with Gasteiger partial charge in [0.25, 0.3) is 0 Å².